The minimum atomic E-state index is -1.22. The third-order valence-corrected chi connectivity index (χ3v) is 6.53. The van der Waals surface area contributed by atoms with Crippen LogP contribution in [0.3, 0.4) is 0 Å². The summed E-state index contributed by atoms with van der Waals surface area (Å²) < 4.78 is 56.6. The van der Waals surface area contributed by atoms with Crippen LogP contribution in [0.15, 0.2) is 59.2 Å². The monoisotopic (exact) mass is 507 g/mol. The van der Waals surface area contributed by atoms with E-state index in [-0.39, 0.29) is 30.0 Å². The first-order chi connectivity index (χ1) is 17.6. The van der Waals surface area contributed by atoms with Gasteiger partial charge in [-0.1, -0.05) is 24.3 Å². The first kappa shape index (κ1) is 24.4. The molecule has 2 aliphatic rings. The summed E-state index contributed by atoms with van der Waals surface area (Å²) in [5.74, 6) is -5.11. The zero-order chi connectivity index (χ0) is 26.4. The van der Waals surface area contributed by atoms with Crippen LogP contribution in [-0.2, 0) is 17.8 Å². The summed E-state index contributed by atoms with van der Waals surface area (Å²) in [6.07, 6.45) is 2.06. The maximum absolute atomic E-state index is 15.3. The topological polar surface area (TPSA) is 61.8 Å². The van der Waals surface area contributed by atoms with Crippen molar-refractivity contribution in [2.24, 2.45) is 4.99 Å². The van der Waals surface area contributed by atoms with Crippen LogP contribution < -0.4 is 10.2 Å². The third kappa shape index (κ3) is 4.41. The van der Waals surface area contributed by atoms with Gasteiger partial charge in [0.25, 0.3) is 5.91 Å². The van der Waals surface area contributed by atoms with E-state index in [2.05, 4.69) is 10.3 Å². The number of aliphatic imine (C=N–C) groups is 1. The number of likely N-dealkylation sites (N-methyl/N-ethyl adjacent to an activating group) is 1. The summed E-state index contributed by atoms with van der Waals surface area (Å²) in [5.41, 5.74) is 4.11. The molecule has 0 atom stereocenters. The van der Waals surface area contributed by atoms with Gasteiger partial charge in [0, 0.05) is 49.5 Å². The van der Waals surface area contributed by atoms with Crippen LogP contribution in [0.2, 0.25) is 0 Å². The first-order valence-electron chi connectivity index (χ1n) is 11.5. The molecule has 0 spiro atoms. The maximum atomic E-state index is 15.3. The number of carbonyl (C=O) groups is 2. The smallest absolute Gasteiger partial charge is 0.252 e. The lowest BCUT2D eigenvalue weighted by molar-refractivity contribution is -0.117. The lowest BCUT2D eigenvalue weighted by atomic mass is 9.90. The number of carbonyl (C=O) groups excluding carboxylic acids is 2. The highest BCUT2D eigenvalue weighted by atomic mass is 19.1. The highest BCUT2D eigenvalue weighted by Gasteiger charge is 2.29. The van der Waals surface area contributed by atoms with Crippen LogP contribution in [0.4, 0.5) is 23.2 Å². The van der Waals surface area contributed by atoms with Gasteiger partial charge in [-0.3, -0.25) is 14.6 Å². The van der Waals surface area contributed by atoms with Crippen molar-refractivity contribution >= 4 is 23.2 Å². The minimum Gasteiger partial charge on any atom is -0.348 e. The van der Waals surface area contributed by atoms with Crippen molar-refractivity contribution in [3.8, 4) is 11.1 Å². The molecule has 0 aliphatic carbocycles. The summed E-state index contributed by atoms with van der Waals surface area (Å²) in [6, 6.07) is 8.71. The molecule has 188 valence electrons. The molecule has 0 unspecified atom stereocenters. The summed E-state index contributed by atoms with van der Waals surface area (Å²) >= 11 is 0. The number of fused-ring (bicyclic) bond motifs is 1. The van der Waals surface area contributed by atoms with Crippen LogP contribution in [0.1, 0.15) is 40.4 Å². The van der Waals surface area contributed by atoms with Crippen molar-refractivity contribution in [3.63, 3.8) is 0 Å². The molecule has 1 N–H and O–H groups in total. The number of anilines is 1. The number of allylic oxidation sites excluding steroid dienone is 1. The molecule has 2 amide bonds. The van der Waals surface area contributed by atoms with Gasteiger partial charge in [0.2, 0.25) is 5.91 Å². The Morgan fingerprint density at radius 1 is 0.973 bits per heavy atom. The van der Waals surface area contributed by atoms with E-state index >= 15 is 4.39 Å². The molecule has 9 heteroatoms. The molecular formula is C28H21F4N3O2. The van der Waals surface area contributed by atoms with Gasteiger partial charge in [0.1, 0.15) is 17.3 Å². The number of hydrogen-bond acceptors (Lipinski definition) is 3. The van der Waals surface area contributed by atoms with E-state index < -0.39 is 34.9 Å². The van der Waals surface area contributed by atoms with Gasteiger partial charge in [0.05, 0.1) is 17.7 Å². The van der Waals surface area contributed by atoms with Crippen LogP contribution in [0, 0.1) is 23.3 Å². The molecule has 37 heavy (non-hydrogen) atoms. The zero-order valence-corrected chi connectivity index (χ0v) is 20.0. The van der Waals surface area contributed by atoms with Crippen LogP contribution in [-0.4, -0.2) is 24.6 Å². The van der Waals surface area contributed by atoms with Crippen LogP contribution in [0.25, 0.3) is 11.1 Å². The van der Waals surface area contributed by atoms with E-state index in [9.17, 15) is 22.8 Å². The Hall–Kier alpha value is -4.27. The number of amides is 2. The predicted molar refractivity (Wildman–Crippen MR) is 131 cm³/mol. The second-order valence-corrected chi connectivity index (χ2v) is 9.09. The van der Waals surface area contributed by atoms with Crippen molar-refractivity contribution in [2.45, 2.75) is 26.3 Å². The minimum absolute atomic E-state index is 0.245. The van der Waals surface area contributed by atoms with Crippen LogP contribution >= 0.6 is 0 Å². The Kier molecular flexibility index (Phi) is 6.15. The van der Waals surface area contributed by atoms with Crippen molar-refractivity contribution in [1.29, 1.82) is 0 Å². The number of benzene rings is 3. The second-order valence-electron chi connectivity index (χ2n) is 9.09. The van der Waals surface area contributed by atoms with Gasteiger partial charge in [0.15, 0.2) is 11.6 Å². The highest BCUT2D eigenvalue weighted by molar-refractivity contribution is 6.14. The molecule has 0 saturated carbocycles. The normalized spacial score (nSPS) is 14.3. The van der Waals surface area contributed by atoms with E-state index in [1.54, 1.807) is 24.4 Å². The summed E-state index contributed by atoms with van der Waals surface area (Å²) in [6.45, 7) is 2.20. The van der Waals surface area contributed by atoms with E-state index in [0.29, 0.717) is 40.8 Å². The van der Waals surface area contributed by atoms with E-state index in [0.717, 1.165) is 23.2 Å². The maximum Gasteiger partial charge on any atom is 0.252 e. The molecule has 5 rings (SSSR count). The van der Waals surface area contributed by atoms with Gasteiger partial charge in [-0.2, -0.15) is 0 Å². The number of nitrogens with one attached hydrogen (secondary N) is 1. The van der Waals surface area contributed by atoms with Crippen molar-refractivity contribution in [2.75, 3.05) is 11.9 Å². The Labute approximate surface area is 210 Å². The largest absolute Gasteiger partial charge is 0.348 e. The lowest BCUT2D eigenvalue weighted by Crippen LogP contribution is -2.29. The Morgan fingerprint density at radius 3 is 2.30 bits per heavy atom. The number of rotatable bonds is 5. The summed E-state index contributed by atoms with van der Waals surface area (Å²) in [4.78, 5) is 30.4. The number of nitrogens with zero attached hydrogens (tertiary/aromatic N) is 2. The fourth-order valence-electron chi connectivity index (χ4n) is 4.71. The van der Waals surface area contributed by atoms with Crippen LogP contribution in [0.5, 0.6) is 0 Å². The average molecular weight is 507 g/mol. The molecule has 2 aliphatic heterocycles. The molecular weight excluding hydrogens is 486 g/mol. The van der Waals surface area contributed by atoms with Gasteiger partial charge in [-0.15, -0.1) is 0 Å². The summed E-state index contributed by atoms with van der Waals surface area (Å²) in [5, 5.41) is 2.80. The molecule has 3 aromatic carbocycles. The predicted octanol–water partition coefficient (Wildman–Crippen LogP) is 5.46. The van der Waals surface area contributed by atoms with Gasteiger partial charge in [-0.05, 0) is 35.3 Å². The van der Waals surface area contributed by atoms with Crippen molar-refractivity contribution in [1.82, 2.24) is 5.32 Å². The average Bonchev–Trinajstić information content (AvgIpc) is 3.44. The molecule has 0 saturated heterocycles. The standard InChI is InChI=1S/C28H21F4N3O2/c1-14-7-24(33-12-14)19-6-5-17(20-13-34-28(37)26(19)20)18-4-3-15(8-21(18)30)9-25(36)35(2)27-22(31)10-16(29)11-23(27)32/h3-6,8,10-12H,7,9,13H2,1-2H3,(H,34,37). The van der Waals surface area contributed by atoms with E-state index in [1.165, 1.54) is 12.1 Å². The summed E-state index contributed by atoms with van der Waals surface area (Å²) in [7, 11) is 1.16. The van der Waals surface area contributed by atoms with Gasteiger partial charge >= 0.3 is 0 Å². The Bertz CT molecular complexity index is 1520. The highest BCUT2D eigenvalue weighted by Crippen LogP contribution is 2.35. The molecule has 5 nitrogen and oxygen atoms in total. The molecule has 0 fully saturated rings. The first-order valence-corrected chi connectivity index (χ1v) is 11.5. The lowest BCUT2D eigenvalue weighted by Gasteiger charge is -2.19. The zero-order valence-electron chi connectivity index (χ0n) is 20.0. The molecule has 0 bridgehead atoms. The van der Waals surface area contributed by atoms with Gasteiger partial charge < -0.3 is 10.2 Å². The fraction of sp³-hybridized carbons (Fsp3) is 0.179. The van der Waals surface area contributed by atoms with E-state index in [1.807, 2.05) is 6.92 Å². The van der Waals surface area contributed by atoms with E-state index in [4.69, 9.17) is 0 Å². The van der Waals surface area contributed by atoms with Gasteiger partial charge in [-0.25, -0.2) is 17.6 Å². The second kappa shape index (κ2) is 9.31. The molecule has 0 aromatic heterocycles. The molecule has 2 heterocycles. The number of hydrogen-bond donors (Lipinski definition) is 1. The molecule has 3 aromatic rings. The number of halogens is 4. The third-order valence-electron chi connectivity index (χ3n) is 6.53. The fourth-order valence-corrected chi connectivity index (χ4v) is 4.71. The van der Waals surface area contributed by atoms with Crippen molar-refractivity contribution in [3.05, 3.63) is 99.8 Å². The molecule has 0 radical (unpaired) electrons. The quantitative estimate of drug-likeness (QED) is 0.467. The SMILES string of the molecule is CC1=CN=C(c2ccc(-c3ccc(CC(=O)N(C)c4c(F)cc(F)cc4F)cc3F)c3c2C(=O)NC3)C1. The van der Waals surface area contributed by atoms with Crippen molar-refractivity contribution < 1.29 is 27.2 Å². The Morgan fingerprint density at radius 2 is 1.65 bits per heavy atom. The Balaban J connectivity index is 1.42.